The van der Waals surface area contributed by atoms with Crippen LogP contribution in [0.15, 0.2) is 30.3 Å². The van der Waals surface area contributed by atoms with Gasteiger partial charge in [-0.3, -0.25) is 0 Å². The number of methoxy groups -OCH3 is 1. The highest BCUT2D eigenvalue weighted by molar-refractivity contribution is 7.91. The molecule has 0 saturated carbocycles. The van der Waals surface area contributed by atoms with E-state index in [9.17, 15) is 21.6 Å². The van der Waals surface area contributed by atoms with Gasteiger partial charge in [0.05, 0.1) is 70.9 Å². The van der Waals surface area contributed by atoms with Gasteiger partial charge in [-0.1, -0.05) is 24.0 Å². The van der Waals surface area contributed by atoms with Crippen LogP contribution in [0.2, 0.25) is 0 Å². The number of alkyl halides is 3. The molecule has 244 valence electrons. The van der Waals surface area contributed by atoms with Crippen LogP contribution in [0.4, 0.5) is 34.6 Å². The van der Waals surface area contributed by atoms with Gasteiger partial charge in [0.15, 0.2) is 0 Å². The van der Waals surface area contributed by atoms with E-state index < -0.39 is 28.3 Å². The molecule has 2 saturated heterocycles. The molecular formula is C31H35F4N3O5S2. The maximum absolute atomic E-state index is 15.2. The number of nitrogens with one attached hydrogen (secondary N) is 2. The van der Waals surface area contributed by atoms with Crippen molar-refractivity contribution < 1.29 is 40.2 Å². The van der Waals surface area contributed by atoms with E-state index in [1.54, 1.807) is 31.4 Å². The summed E-state index contributed by atoms with van der Waals surface area (Å²) in [7, 11) is -1.51. The minimum absolute atomic E-state index is 0.0261. The van der Waals surface area contributed by atoms with Crippen molar-refractivity contribution in [3.05, 3.63) is 46.6 Å². The Bertz CT molecular complexity index is 1650. The van der Waals surface area contributed by atoms with E-state index in [0.717, 1.165) is 0 Å². The fourth-order valence-electron chi connectivity index (χ4n) is 5.36. The number of sulfone groups is 1. The minimum atomic E-state index is -4.45. The zero-order valence-corrected chi connectivity index (χ0v) is 26.4. The molecule has 0 atom stereocenters. The lowest BCUT2D eigenvalue weighted by atomic mass is 10.1. The predicted molar refractivity (Wildman–Crippen MR) is 169 cm³/mol. The lowest BCUT2D eigenvalue weighted by molar-refractivity contribution is -0.126. The van der Waals surface area contributed by atoms with Crippen LogP contribution in [0.5, 0.6) is 5.75 Å². The fraction of sp³-hybridized carbons (Fsp3) is 0.484. The van der Waals surface area contributed by atoms with Gasteiger partial charge in [0.1, 0.15) is 28.0 Å². The summed E-state index contributed by atoms with van der Waals surface area (Å²) < 4.78 is 96.8. The third-order valence-corrected chi connectivity index (χ3v) is 10.5. The highest BCUT2D eigenvalue weighted by atomic mass is 32.2. The molecule has 2 aliphatic rings. The molecule has 0 bridgehead atoms. The number of benzene rings is 2. The number of halogens is 4. The van der Waals surface area contributed by atoms with E-state index in [1.165, 1.54) is 17.4 Å². The van der Waals surface area contributed by atoms with E-state index >= 15 is 4.39 Å². The molecule has 2 N–H and O–H groups in total. The van der Waals surface area contributed by atoms with Crippen molar-refractivity contribution in [1.29, 1.82) is 0 Å². The van der Waals surface area contributed by atoms with Crippen LogP contribution < -0.4 is 20.3 Å². The number of ether oxygens (including phenoxy) is 3. The van der Waals surface area contributed by atoms with Gasteiger partial charge < -0.3 is 29.7 Å². The van der Waals surface area contributed by atoms with Gasteiger partial charge in [0.25, 0.3) is 0 Å². The molecule has 5 rings (SSSR count). The molecule has 2 aliphatic heterocycles. The zero-order chi connectivity index (χ0) is 32.0. The third-order valence-electron chi connectivity index (χ3n) is 7.62. The first-order valence-corrected chi connectivity index (χ1v) is 17.3. The summed E-state index contributed by atoms with van der Waals surface area (Å²) >= 11 is 1.17. The number of hydrogen-bond donors (Lipinski definition) is 2. The topological polar surface area (TPSA) is 89.1 Å². The van der Waals surface area contributed by atoms with Crippen LogP contribution in [0.25, 0.3) is 10.1 Å². The van der Waals surface area contributed by atoms with Crippen molar-refractivity contribution in [2.24, 2.45) is 0 Å². The van der Waals surface area contributed by atoms with E-state index in [4.69, 9.17) is 14.2 Å². The van der Waals surface area contributed by atoms with Crippen molar-refractivity contribution in [2.45, 2.75) is 31.5 Å². The lowest BCUT2D eigenvalue weighted by Gasteiger charge is -2.29. The Balaban J connectivity index is 1.38. The number of fused-ring (bicyclic) bond motifs is 1. The van der Waals surface area contributed by atoms with Gasteiger partial charge in [-0.15, -0.1) is 11.3 Å². The summed E-state index contributed by atoms with van der Waals surface area (Å²) in [4.78, 5) is 2.17. The molecule has 0 aliphatic carbocycles. The number of rotatable bonds is 10. The Kier molecular flexibility index (Phi) is 10.6. The molecule has 14 heteroatoms. The van der Waals surface area contributed by atoms with Gasteiger partial charge in [-0.25, -0.2) is 12.8 Å². The monoisotopic (exact) mass is 669 g/mol. The molecular weight excluding hydrogens is 634 g/mol. The minimum Gasteiger partial charge on any atom is -0.489 e. The van der Waals surface area contributed by atoms with Crippen molar-refractivity contribution in [3.8, 4) is 17.6 Å². The Morgan fingerprint density at radius 1 is 1.11 bits per heavy atom. The van der Waals surface area contributed by atoms with Gasteiger partial charge in [0, 0.05) is 38.4 Å². The molecule has 0 amide bonds. The van der Waals surface area contributed by atoms with E-state index in [1.807, 2.05) is 4.90 Å². The number of nitrogens with zero attached hydrogens (tertiary/aromatic N) is 1. The normalized spacial score (nSPS) is 17.1. The molecule has 45 heavy (non-hydrogen) atoms. The van der Waals surface area contributed by atoms with Crippen LogP contribution in [0.3, 0.4) is 0 Å². The molecule has 2 aromatic carbocycles. The smallest absolute Gasteiger partial charge is 0.393 e. The second kappa shape index (κ2) is 14.5. The molecule has 3 heterocycles. The first kappa shape index (κ1) is 33.1. The Morgan fingerprint density at radius 3 is 2.58 bits per heavy atom. The quantitative estimate of drug-likeness (QED) is 0.167. The van der Waals surface area contributed by atoms with Crippen LogP contribution >= 0.6 is 11.3 Å². The van der Waals surface area contributed by atoms with E-state index in [2.05, 4.69) is 22.5 Å². The maximum atomic E-state index is 15.2. The largest absolute Gasteiger partial charge is 0.489 e. The SMILES string of the molecule is COCCOc1cc(N2CCOCC2)c(F)cc1NCC#Cc1sc2c(NC3CCS(=O)(=O)CC3)cccc2c1CC(F)(F)F. The average Bonchev–Trinajstić information content (AvgIpc) is 3.34. The summed E-state index contributed by atoms with van der Waals surface area (Å²) in [6.45, 7) is 2.66. The fourth-order valence-corrected chi connectivity index (χ4v) is 8.02. The lowest BCUT2D eigenvalue weighted by Crippen LogP contribution is -2.36. The summed E-state index contributed by atoms with van der Waals surface area (Å²) in [5, 5.41) is 6.86. The second-order valence-electron chi connectivity index (χ2n) is 10.9. The number of morpholine rings is 1. The summed E-state index contributed by atoms with van der Waals surface area (Å²) in [6.07, 6.45) is -4.72. The number of hydrogen-bond acceptors (Lipinski definition) is 9. The molecule has 0 radical (unpaired) electrons. The Morgan fingerprint density at radius 2 is 1.87 bits per heavy atom. The van der Waals surface area contributed by atoms with Crippen molar-refractivity contribution in [1.82, 2.24) is 0 Å². The molecule has 1 aromatic heterocycles. The van der Waals surface area contributed by atoms with Crippen LogP contribution in [-0.2, 0) is 25.7 Å². The van der Waals surface area contributed by atoms with Gasteiger partial charge >= 0.3 is 6.18 Å². The Labute approximate surface area is 263 Å². The van der Waals surface area contributed by atoms with Crippen molar-refractivity contribution >= 4 is 48.3 Å². The summed E-state index contributed by atoms with van der Waals surface area (Å²) in [6, 6.07) is 7.98. The Hall–Kier alpha value is -3.25. The van der Waals surface area contributed by atoms with Crippen molar-refractivity contribution in [3.63, 3.8) is 0 Å². The van der Waals surface area contributed by atoms with Gasteiger partial charge in [-0.05, 0) is 29.9 Å². The average molecular weight is 670 g/mol. The second-order valence-corrected chi connectivity index (χ2v) is 14.2. The predicted octanol–water partition coefficient (Wildman–Crippen LogP) is 5.46. The summed E-state index contributed by atoms with van der Waals surface area (Å²) in [5.41, 5.74) is 1.51. The molecule has 0 unspecified atom stereocenters. The van der Waals surface area contributed by atoms with Gasteiger partial charge in [0.2, 0.25) is 0 Å². The molecule has 0 spiro atoms. The third kappa shape index (κ3) is 8.72. The summed E-state index contributed by atoms with van der Waals surface area (Å²) in [5.74, 6) is 5.93. The highest BCUT2D eigenvalue weighted by Gasteiger charge is 2.31. The van der Waals surface area contributed by atoms with Crippen molar-refractivity contribution in [2.75, 3.05) is 80.2 Å². The van der Waals surface area contributed by atoms with Crippen LogP contribution in [0.1, 0.15) is 23.3 Å². The number of thiophene rings is 1. The molecule has 8 nitrogen and oxygen atoms in total. The first-order chi connectivity index (χ1) is 21.5. The standard InChI is InChI=1S/C31H35F4N3O5S2/c1-41-14-15-43-28-19-27(38-10-12-42-13-11-38)24(32)18-26(28)36-9-3-6-29-23(20-31(33,34)35)22-4-2-5-25(30(22)44-29)37-21-7-16-45(39,40)17-8-21/h2,4-5,18-19,21,36-37H,7-17,20H2,1H3. The molecule has 3 aromatic rings. The van der Waals surface area contributed by atoms with E-state index in [-0.39, 0.29) is 41.1 Å². The van der Waals surface area contributed by atoms with Gasteiger partial charge in [-0.2, -0.15) is 13.2 Å². The maximum Gasteiger partial charge on any atom is 0.393 e. The highest BCUT2D eigenvalue weighted by Crippen LogP contribution is 2.40. The first-order valence-electron chi connectivity index (χ1n) is 14.6. The molecule has 2 fully saturated rings. The van der Waals surface area contributed by atoms with E-state index in [0.29, 0.717) is 78.6 Å². The zero-order valence-electron chi connectivity index (χ0n) is 24.8. The van der Waals surface area contributed by atoms with Crippen LogP contribution in [-0.4, -0.2) is 85.3 Å². The number of anilines is 3. The van der Waals surface area contributed by atoms with Crippen LogP contribution in [0, 0.1) is 17.7 Å².